The molecule has 7 aromatic carbocycles. The van der Waals surface area contributed by atoms with Gasteiger partial charge in [-0.05, 0) is 53.6 Å². The first-order valence-corrected chi connectivity index (χ1v) is 17.5. The molecule has 4 nitrogen and oxygen atoms in total. The number of rotatable bonds is 5. The van der Waals surface area contributed by atoms with E-state index < -0.39 is 0 Å². The van der Waals surface area contributed by atoms with Crippen molar-refractivity contribution in [2.75, 3.05) is 0 Å². The molecule has 0 amide bonds. The highest BCUT2D eigenvalue weighted by molar-refractivity contribution is 7.25. The topological polar surface area (TPSA) is 43.6 Å². The van der Waals surface area contributed by atoms with Crippen molar-refractivity contribution in [2.45, 2.75) is 0 Å². The summed E-state index contributed by atoms with van der Waals surface area (Å²) in [6, 6.07) is 59.7. The third-order valence-corrected chi connectivity index (χ3v) is 10.6. The molecule has 0 aliphatic heterocycles. The first kappa shape index (κ1) is 28.6. The molecule has 0 N–H and O–H groups in total. The van der Waals surface area contributed by atoms with Crippen molar-refractivity contribution in [3.8, 4) is 51.0 Å². The zero-order valence-electron chi connectivity index (χ0n) is 26.9. The minimum absolute atomic E-state index is 0.647. The number of hydrogen-bond acceptors (Lipinski definition) is 4. The maximum atomic E-state index is 4.95. The predicted molar refractivity (Wildman–Crippen MR) is 209 cm³/mol. The lowest BCUT2D eigenvalue weighted by Gasteiger charge is -2.11. The number of aromatic nitrogens is 4. The molecule has 0 atom stereocenters. The second-order valence-corrected chi connectivity index (χ2v) is 13.6. The minimum Gasteiger partial charge on any atom is -0.309 e. The van der Waals surface area contributed by atoms with Crippen LogP contribution in [0.2, 0.25) is 0 Å². The van der Waals surface area contributed by atoms with Gasteiger partial charge in [-0.15, -0.1) is 11.3 Å². The third kappa shape index (κ3) is 4.79. The van der Waals surface area contributed by atoms with Crippen LogP contribution in [-0.2, 0) is 0 Å². The summed E-state index contributed by atoms with van der Waals surface area (Å²) in [7, 11) is 0. The van der Waals surface area contributed by atoms with E-state index in [1.807, 2.05) is 72.0 Å². The quantitative estimate of drug-likeness (QED) is 0.185. The van der Waals surface area contributed by atoms with Gasteiger partial charge in [0.15, 0.2) is 17.5 Å². The molecule has 0 saturated heterocycles. The Morgan fingerprint density at radius 2 is 0.920 bits per heavy atom. The first-order chi connectivity index (χ1) is 24.8. The average Bonchev–Trinajstić information content (AvgIpc) is 3.72. The van der Waals surface area contributed by atoms with E-state index in [0.29, 0.717) is 17.5 Å². The van der Waals surface area contributed by atoms with Crippen LogP contribution in [-0.4, -0.2) is 19.5 Å². The van der Waals surface area contributed by atoms with Gasteiger partial charge in [-0.1, -0.05) is 127 Å². The fraction of sp³-hybridized carbons (Fsp3) is 0. The van der Waals surface area contributed by atoms with Gasteiger partial charge in [0.2, 0.25) is 0 Å². The van der Waals surface area contributed by atoms with Gasteiger partial charge in [0.25, 0.3) is 0 Å². The molecule has 3 aromatic heterocycles. The smallest absolute Gasteiger partial charge is 0.164 e. The molecule has 0 fully saturated rings. The summed E-state index contributed by atoms with van der Waals surface area (Å²) < 4.78 is 5.03. The molecule has 0 saturated carbocycles. The molecule has 0 unspecified atom stereocenters. The fourth-order valence-corrected chi connectivity index (χ4v) is 8.17. The molecule has 3 heterocycles. The summed E-state index contributed by atoms with van der Waals surface area (Å²) in [5, 5.41) is 5.18. The lowest BCUT2D eigenvalue weighted by molar-refractivity contribution is 1.07. The Kier molecular flexibility index (Phi) is 6.64. The van der Waals surface area contributed by atoms with Gasteiger partial charge in [0, 0.05) is 53.3 Å². The summed E-state index contributed by atoms with van der Waals surface area (Å²) in [6.45, 7) is 0. The number of para-hydroxylation sites is 1. The largest absolute Gasteiger partial charge is 0.309 e. The van der Waals surface area contributed by atoms with Crippen LogP contribution >= 0.6 is 11.3 Å². The van der Waals surface area contributed by atoms with Crippen LogP contribution < -0.4 is 0 Å². The van der Waals surface area contributed by atoms with Gasteiger partial charge in [-0.25, -0.2) is 15.0 Å². The highest BCUT2D eigenvalue weighted by atomic mass is 32.1. The summed E-state index contributed by atoms with van der Waals surface area (Å²) in [5.74, 6) is 1.96. The fourth-order valence-electron chi connectivity index (χ4n) is 7.04. The highest BCUT2D eigenvalue weighted by Gasteiger charge is 2.16. The van der Waals surface area contributed by atoms with Crippen molar-refractivity contribution >= 4 is 53.3 Å². The average molecular weight is 657 g/mol. The molecule has 0 aliphatic rings. The Balaban J connectivity index is 1.06. The number of hydrogen-bond donors (Lipinski definition) is 0. The molecule has 0 spiro atoms. The van der Waals surface area contributed by atoms with E-state index in [0.717, 1.165) is 33.5 Å². The zero-order valence-corrected chi connectivity index (χ0v) is 27.7. The summed E-state index contributed by atoms with van der Waals surface area (Å²) in [5.41, 5.74) is 8.65. The van der Waals surface area contributed by atoms with E-state index in [1.165, 1.54) is 42.0 Å². The van der Waals surface area contributed by atoms with E-state index in [2.05, 4.69) is 114 Å². The van der Waals surface area contributed by atoms with Crippen LogP contribution in [0.15, 0.2) is 170 Å². The van der Waals surface area contributed by atoms with Crippen molar-refractivity contribution < 1.29 is 0 Å². The SMILES string of the molecule is c1ccc(-c2nc(-c3ccccc3)nc(-c3cccc(-c4ccc(-n5c6ccccc6c6cc7c(cc65)sc5ccccc57)cc4)c3)n2)cc1. The maximum Gasteiger partial charge on any atom is 0.164 e. The van der Waals surface area contributed by atoms with Gasteiger partial charge in [0.1, 0.15) is 0 Å². The predicted octanol–water partition coefficient (Wildman–Crippen LogP) is 12.0. The van der Waals surface area contributed by atoms with Gasteiger partial charge in [-0.2, -0.15) is 0 Å². The summed E-state index contributed by atoms with van der Waals surface area (Å²) in [6.07, 6.45) is 0. The molecule has 0 aliphatic carbocycles. The Bertz CT molecular complexity index is 2800. The van der Waals surface area contributed by atoms with Gasteiger partial charge < -0.3 is 4.57 Å². The van der Waals surface area contributed by atoms with Crippen LogP contribution in [0.25, 0.3) is 93.0 Å². The molecule has 50 heavy (non-hydrogen) atoms. The van der Waals surface area contributed by atoms with Crippen LogP contribution in [0.4, 0.5) is 0 Å². The Morgan fingerprint density at radius 3 is 1.64 bits per heavy atom. The summed E-state index contributed by atoms with van der Waals surface area (Å²) >= 11 is 1.86. The number of nitrogens with zero attached hydrogens (tertiary/aromatic N) is 4. The molecular weight excluding hydrogens is 629 g/mol. The normalized spacial score (nSPS) is 11.6. The van der Waals surface area contributed by atoms with E-state index in [4.69, 9.17) is 15.0 Å². The first-order valence-electron chi connectivity index (χ1n) is 16.7. The zero-order chi connectivity index (χ0) is 33.0. The second kappa shape index (κ2) is 11.6. The minimum atomic E-state index is 0.647. The van der Waals surface area contributed by atoms with Crippen LogP contribution in [0.1, 0.15) is 0 Å². The van der Waals surface area contributed by atoms with E-state index in [9.17, 15) is 0 Å². The van der Waals surface area contributed by atoms with Crippen LogP contribution in [0, 0.1) is 0 Å². The molecule has 10 aromatic rings. The monoisotopic (exact) mass is 656 g/mol. The maximum absolute atomic E-state index is 4.95. The van der Waals surface area contributed by atoms with E-state index in [-0.39, 0.29) is 0 Å². The second-order valence-electron chi connectivity index (χ2n) is 12.5. The van der Waals surface area contributed by atoms with E-state index in [1.54, 1.807) is 0 Å². The Hall–Kier alpha value is -6.43. The lowest BCUT2D eigenvalue weighted by Crippen LogP contribution is -2.00. The molecule has 0 bridgehead atoms. The summed E-state index contributed by atoms with van der Waals surface area (Å²) in [4.78, 5) is 14.8. The lowest BCUT2D eigenvalue weighted by atomic mass is 10.0. The Labute approximate surface area is 292 Å². The molecule has 0 radical (unpaired) electrons. The van der Waals surface area contributed by atoms with Gasteiger partial charge in [-0.3, -0.25) is 0 Å². The van der Waals surface area contributed by atoms with Crippen LogP contribution in [0.3, 0.4) is 0 Å². The van der Waals surface area contributed by atoms with Crippen LogP contribution in [0.5, 0.6) is 0 Å². The highest BCUT2D eigenvalue weighted by Crippen LogP contribution is 2.41. The van der Waals surface area contributed by atoms with Crippen molar-refractivity contribution in [3.63, 3.8) is 0 Å². The van der Waals surface area contributed by atoms with Crippen molar-refractivity contribution in [1.82, 2.24) is 19.5 Å². The molecule has 5 heteroatoms. The molecule has 10 rings (SSSR count). The number of thiophene rings is 1. The standard InChI is InChI=1S/C45H28N4S/c1-3-12-30(13-4-1)43-46-44(31-14-5-2-6-15-31)48-45(47-43)33-17-11-16-32(26-33)29-22-24-34(25-23-29)49-39-20-9-7-18-35(39)37-27-38-36-19-8-10-21-41(36)50-42(38)28-40(37)49/h1-28H. The van der Waals surface area contributed by atoms with E-state index >= 15 is 0 Å². The Morgan fingerprint density at radius 1 is 0.340 bits per heavy atom. The molecule has 234 valence electrons. The van der Waals surface area contributed by atoms with Crippen molar-refractivity contribution in [1.29, 1.82) is 0 Å². The van der Waals surface area contributed by atoms with Crippen molar-refractivity contribution in [2.24, 2.45) is 0 Å². The molecular formula is C45H28N4S. The van der Waals surface area contributed by atoms with Crippen molar-refractivity contribution in [3.05, 3.63) is 170 Å². The van der Waals surface area contributed by atoms with Gasteiger partial charge in [0.05, 0.1) is 11.0 Å². The number of benzene rings is 7. The number of fused-ring (bicyclic) bond motifs is 6. The third-order valence-electron chi connectivity index (χ3n) is 9.45. The van der Waals surface area contributed by atoms with Gasteiger partial charge >= 0.3 is 0 Å².